The highest BCUT2D eigenvalue weighted by atomic mass is 32.1. The van der Waals surface area contributed by atoms with Gasteiger partial charge in [0, 0.05) is 18.4 Å². The van der Waals surface area contributed by atoms with E-state index in [1.165, 1.54) is 11.1 Å². The SMILES string of the molecule is COc1ccc2c(c1)C1=NN(C(C)=O)[C@@H](c3ccc(OC=S)cc3)[C@H]1CC2. The smallest absolute Gasteiger partial charge is 0.240 e. The minimum atomic E-state index is -0.113. The maximum Gasteiger partial charge on any atom is 0.240 e. The Balaban J connectivity index is 1.74. The lowest BCUT2D eigenvalue weighted by Gasteiger charge is -2.29. The zero-order chi connectivity index (χ0) is 19.0. The Hall–Kier alpha value is -2.73. The van der Waals surface area contributed by atoms with Gasteiger partial charge in [-0.1, -0.05) is 18.2 Å². The standard InChI is InChI=1S/C21H20N2O3S/c1-13(24)23-21(15-4-7-16(8-5-15)26-12-27)18-10-6-14-3-9-17(25-2)11-19(14)20(18)22-23/h3-5,7-9,11-12,18,21H,6,10H2,1-2H3/t18-,21-/m0/s1. The summed E-state index contributed by atoms with van der Waals surface area (Å²) in [6.07, 6.45) is 1.90. The number of methoxy groups -OCH3 is 1. The number of fused-ring (bicyclic) bond motifs is 3. The molecule has 0 radical (unpaired) electrons. The molecular formula is C21H20N2O3S. The summed E-state index contributed by atoms with van der Waals surface area (Å²) >= 11 is 4.73. The van der Waals surface area contributed by atoms with Gasteiger partial charge >= 0.3 is 0 Å². The Morgan fingerprint density at radius 1 is 1.22 bits per heavy atom. The molecule has 0 saturated carbocycles. The van der Waals surface area contributed by atoms with Gasteiger partial charge in [-0.15, -0.1) is 0 Å². The maximum absolute atomic E-state index is 12.3. The summed E-state index contributed by atoms with van der Waals surface area (Å²) in [7, 11) is 1.66. The Morgan fingerprint density at radius 3 is 2.63 bits per heavy atom. The highest BCUT2D eigenvalue weighted by Gasteiger charge is 2.43. The van der Waals surface area contributed by atoms with Crippen molar-refractivity contribution in [3.8, 4) is 11.5 Å². The fourth-order valence-corrected chi connectivity index (χ4v) is 4.12. The van der Waals surface area contributed by atoms with Crippen LogP contribution >= 0.6 is 12.2 Å². The predicted molar refractivity (Wildman–Crippen MR) is 107 cm³/mol. The minimum absolute atomic E-state index is 0.0643. The molecule has 6 heteroatoms. The molecule has 0 unspecified atom stereocenters. The van der Waals surface area contributed by atoms with Crippen LogP contribution < -0.4 is 9.47 Å². The molecular weight excluding hydrogens is 360 g/mol. The molecule has 2 atom stereocenters. The normalized spacial score (nSPS) is 20.4. The second kappa shape index (κ2) is 7.12. The number of amides is 1. The number of carbonyl (C=O) groups is 1. The van der Waals surface area contributed by atoms with Crippen molar-refractivity contribution in [1.29, 1.82) is 0 Å². The van der Waals surface area contributed by atoms with E-state index in [-0.39, 0.29) is 17.9 Å². The number of benzene rings is 2. The summed E-state index contributed by atoms with van der Waals surface area (Å²) in [4.78, 5) is 12.3. The number of hydrogen-bond acceptors (Lipinski definition) is 5. The van der Waals surface area contributed by atoms with Crippen LogP contribution in [0.5, 0.6) is 11.5 Å². The molecule has 0 N–H and O–H groups in total. The number of hydrogen-bond donors (Lipinski definition) is 0. The zero-order valence-corrected chi connectivity index (χ0v) is 16.0. The van der Waals surface area contributed by atoms with E-state index in [9.17, 15) is 4.79 Å². The van der Waals surface area contributed by atoms with Gasteiger partial charge in [-0.2, -0.15) is 5.10 Å². The van der Waals surface area contributed by atoms with Crippen LogP contribution in [-0.4, -0.2) is 29.3 Å². The monoisotopic (exact) mass is 380 g/mol. The van der Waals surface area contributed by atoms with Crippen LogP contribution in [0.4, 0.5) is 0 Å². The fourth-order valence-electron chi connectivity index (χ4n) is 4.01. The molecule has 2 aliphatic rings. The molecule has 138 valence electrons. The molecule has 4 rings (SSSR count). The maximum atomic E-state index is 12.3. The van der Waals surface area contributed by atoms with E-state index in [2.05, 4.69) is 6.07 Å². The summed E-state index contributed by atoms with van der Waals surface area (Å²) in [5.74, 6) is 1.58. The number of rotatable bonds is 4. The van der Waals surface area contributed by atoms with Crippen molar-refractivity contribution in [3.63, 3.8) is 0 Å². The Morgan fingerprint density at radius 2 is 1.96 bits per heavy atom. The quantitative estimate of drug-likeness (QED) is 0.755. The van der Waals surface area contributed by atoms with Gasteiger partial charge in [-0.05, 0) is 60.5 Å². The van der Waals surface area contributed by atoms with E-state index >= 15 is 0 Å². The van der Waals surface area contributed by atoms with Gasteiger partial charge in [0.25, 0.3) is 0 Å². The summed E-state index contributed by atoms with van der Waals surface area (Å²) in [6, 6.07) is 13.7. The van der Waals surface area contributed by atoms with Gasteiger partial charge in [-0.3, -0.25) is 4.79 Å². The second-order valence-electron chi connectivity index (χ2n) is 6.75. The second-order valence-corrected chi connectivity index (χ2v) is 6.94. The van der Waals surface area contributed by atoms with Crippen molar-refractivity contribution >= 4 is 29.4 Å². The molecule has 5 nitrogen and oxygen atoms in total. The number of ether oxygens (including phenoxy) is 2. The summed E-state index contributed by atoms with van der Waals surface area (Å²) in [6.45, 7) is 1.56. The van der Waals surface area contributed by atoms with Crippen LogP contribution in [0.3, 0.4) is 0 Å². The molecule has 0 spiro atoms. The average molecular weight is 380 g/mol. The molecule has 0 fully saturated rings. The Bertz CT molecular complexity index is 924. The number of hydrazone groups is 1. The van der Waals surface area contributed by atoms with Gasteiger partial charge in [0.15, 0.2) is 5.55 Å². The van der Waals surface area contributed by atoms with E-state index in [1.807, 2.05) is 36.4 Å². The van der Waals surface area contributed by atoms with Gasteiger partial charge in [0.1, 0.15) is 11.5 Å². The minimum Gasteiger partial charge on any atom is -0.497 e. The summed E-state index contributed by atoms with van der Waals surface area (Å²) < 4.78 is 10.6. The molecule has 1 aliphatic heterocycles. The molecule has 2 aromatic rings. The van der Waals surface area contributed by atoms with E-state index in [0.29, 0.717) is 5.75 Å². The average Bonchev–Trinajstić information content (AvgIpc) is 3.09. The van der Waals surface area contributed by atoms with Crippen LogP contribution in [0, 0.1) is 5.92 Å². The topological polar surface area (TPSA) is 51.1 Å². The third kappa shape index (κ3) is 3.10. The van der Waals surface area contributed by atoms with Gasteiger partial charge in [0.05, 0.1) is 18.9 Å². The number of thiocarbonyl (C=S) groups is 1. The Labute approximate surface area is 163 Å². The largest absolute Gasteiger partial charge is 0.497 e. The van der Waals surface area contributed by atoms with Crippen LogP contribution in [-0.2, 0) is 11.2 Å². The van der Waals surface area contributed by atoms with Crippen molar-refractivity contribution in [2.24, 2.45) is 11.0 Å². The number of carbonyl (C=O) groups excluding carboxylic acids is 1. The number of nitrogens with zero attached hydrogens (tertiary/aromatic N) is 2. The summed E-state index contributed by atoms with van der Waals surface area (Å²) in [5, 5.41) is 6.35. The Kier molecular flexibility index (Phi) is 4.66. The number of aryl methyl sites for hydroxylation is 1. The first-order chi connectivity index (χ1) is 13.1. The van der Waals surface area contributed by atoms with E-state index < -0.39 is 0 Å². The first-order valence-electron chi connectivity index (χ1n) is 8.88. The summed E-state index contributed by atoms with van der Waals surface area (Å²) in [5.41, 5.74) is 5.57. The highest BCUT2D eigenvalue weighted by Crippen LogP contribution is 2.44. The highest BCUT2D eigenvalue weighted by molar-refractivity contribution is 7.78. The predicted octanol–water partition coefficient (Wildman–Crippen LogP) is 3.90. The van der Waals surface area contributed by atoms with Crippen LogP contribution in [0.25, 0.3) is 0 Å². The van der Waals surface area contributed by atoms with E-state index in [4.69, 9.17) is 26.8 Å². The lowest BCUT2D eigenvalue weighted by Crippen LogP contribution is -2.31. The van der Waals surface area contributed by atoms with Gasteiger partial charge in [-0.25, -0.2) is 5.01 Å². The molecule has 0 aromatic heterocycles. The molecule has 1 aliphatic carbocycles. The molecule has 0 saturated heterocycles. The van der Waals surface area contributed by atoms with Gasteiger partial charge in [0.2, 0.25) is 5.91 Å². The van der Waals surface area contributed by atoms with Crippen molar-refractivity contribution in [2.75, 3.05) is 7.11 Å². The van der Waals surface area contributed by atoms with Gasteiger partial charge < -0.3 is 9.47 Å². The van der Waals surface area contributed by atoms with E-state index in [1.54, 1.807) is 19.0 Å². The van der Waals surface area contributed by atoms with E-state index in [0.717, 1.165) is 35.4 Å². The van der Waals surface area contributed by atoms with Crippen molar-refractivity contribution in [3.05, 3.63) is 59.2 Å². The molecule has 1 heterocycles. The lowest BCUT2D eigenvalue weighted by atomic mass is 9.77. The molecule has 2 aromatic carbocycles. The third-order valence-electron chi connectivity index (χ3n) is 5.26. The van der Waals surface area contributed by atoms with Crippen LogP contribution in [0.1, 0.15) is 36.1 Å². The van der Waals surface area contributed by atoms with Crippen molar-refractivity contribution < 1.29 is 14.3 Å². The molecule has 27 heavy (non-hydrogen) atoms. The fraction of sp³-hybridized carbons (Fsp3) is 0.286. The lowest BCUT2D eigenvalue weighted by molar-refractivity contribution is -0.131. The zero-order valence-electron chi connectivity index (χ0n) is 15.2. The first kappa shape index (κ1) is 17.7. The first-order valence-corrected chi connectivity index (χ1v) is 9.35. The molecule has 0 bridgehead atoms. The molecule has 1 amide bonds. The van der Waals surface area contributed by atoms with Crippen molar-refractivity contribution in [1.82, 2.24) is 5.01 Å². The van der Waals surface area contributed by atoms with Crippen LogP contribution in [0.2, 0.25) is 0 Å². The third-order valence-corrected chi connectivity index (χ3v) is 5.35. The van der Waals surface area contributed by atoms with Crippen molar-refractivity contribution in [2.45, 2.75) is 25.8 Å². The van der Waals surface area contributed by atoms with Crippen LogP contribution in [0.15, 0.2) is 47.6 Å².